The number of halogens is 1. The molecule has 156 valence electrons. The van der Waals surface area contributed by atoms with E-state index in [1.165, 1.54) is 0 Å². The fourth-order valence-corrected chi connectivity index (χ4v) is 3.13. The highest BCUT2D eigenvalue weighted by Crippen LogP contribution is 2.25. The molecule has 0 aliphatic heterocycles. The van der Waals surface area contributed by atoms with E-state index in [2.05, 4.69) is 5.32 Å². The topological polar surface area (TPSA) is 56.8 Å². The molecule has 5 nitrogen and oxygen atoms in total. The lowest BCUT2D eigenvalue weighted by atomic mass is 10.1. The number of carbonyl (C=O) groups is 1. The van der Waals surface area contributed by atoms with Crippen molar-refractivity contribution in [2.45, 2.75) is 19.6 Å². The van der Waals surface area contributed by atoms with Gasteiger partial charge < -0.3 is 19.5 Å². The van der Waals surface area contributed by atoms with E-state index in [1.54, 1.807) is 50.6 Å². The maximum Gasteiger partial charge on any atom is 0.251 e. The fraction of sp³-hybridized carbons (Fsp3) is 0.208. The number of methoxy groups -OCH3 is 2. The molecule has 0 heterocycles. The largest absolute Gasteiger partial charge is 0.497 e. The van der Waals surface area contributed by atoms with Gasteiger partial charge in [0, 0.05) is 22.2 Å². The molecule has 0 spiro atoms. The van der Waals surface area contributed by atoms with E-state index in [1.807, 2.05) is 37.3 Å². The highest BCUT2D eigenvalue weighted by molar-refractivity contribution is 6.30. The van der Waals surface area contributed by atoms with Gasteiger partial charge in [0.05, 0.1) is 20.3 Å². The zero-order valence-electron chi connectivity index (χ0n) is 17.1. The fourth-order valence-electron chi connectivity index (χ4n) is 3.00. The number of benzene rings is 3. The number of amides is 1. The van der Waals surface area contributed by atoms with Gasteiger partial charge in [0.2, 0.25) is 0 Å². The van der Waals surface area contributed by atoms with Crippen LogP contribution in [-0.2, 0) is 6.61 Å². The molecule has 6 heteroatoms. The summed E-state index contributed by atoms with van der Waals surface area (Å²) in [6, 6.07) is 19.9. The first kappa shape index (κ1) is 21.5. The SMILES string of the molecule is COc1cccc(OCc2cc(C(=O)NC(C)c3ccc(Cl)cc3)ccc2OC)c1. The Morgan fingerprint density at radius 2 is 1.70 bits per heavy atom. The molecule has 0 aromatic heterocycles. The van der Waals surface area contributed by atoms with Gasteiger partial charge >= 0.3 is 0 Å². The average Bonchev–Trinajstić information content (AvgIpc) is 2.78. The van der Waals surface area contributed by atoms with Crippen molar-refractivity contribution in [3.63, 3.8) is 0 Å². The van der Waals surface area contributed by atoms with Gasteiger partial charge in [-0.1, -0.05) is 29.8 Å². The lowest BCUT2D eigenvalue weighted by Gasteiger charge is -2.16. The quantitative estimate of drug-likeness (QED) is 0.523. The van der Waals surface area contributed by atoms with Crippen molar-refractivity contribution >= 4 is 17.5 Å². The Balaban J connectivity index is 1.72. The minimum Gasteiger partial charge on any atom is -0.497 e. The Morgan fingerprint density at radius 3 is 2.40 bits per heavy atom. The van der Waals surface area contributed by atoms with Gasteiger partial charge in [-0.3, -0.25) is 4.79 Å². The first-order chi connectivity index (χ1) is 14.5. The molecule has 0 bridgehead atoms. The molecule has 3 aromatic rings. The van der Waals surface area contributed by atoms with E-state index in [4.69, 9.17) is 25.8 Å². The number of nitrogens with one attached hydrogen (secondary N) is 1. The molecule has 1 unspecified atom stereocenters. The lowest BCUT2D eigenvalue weighted by Crippen LogP contribution is -2.26. The molecule has 30 heavy (non-hydrogen) atoms. The Bertz CT molecular complexity index is 1000. The molecule has 1 atom stereocenters. The van der Waals surface area contributed by atoms with Crippen LogP contribution in [0.5, 0.6) is 17.2 Å². The molecule has 3 rings (SSSR count). The molecule has 1 N–H and O–H groups in total. The van der Waals surface area contributed by atoms with Crippen LogP contribution >= 0.6 is 11.6 Å². The van der Waals surface area contributed by atoms with Gasteiger partial charge in [-0.05, 0) is 55.0 Å². The summed E-state index contributed by atoms with van der Waals surface area (Å²) in [6.45, 7) is 2.18. The van der Waals surface area contributed by atoms with Crippen LogP contribution in [0, 0.1) is 0 Å². The third-order valence-corrected chi connectivity index (χ3v) is 4.95. The standard InChI is InChI=1S/C24H24ClNO4/c1-16(17-7-10-20(25)11-8-17)26-24(27)18-9-12-23(29-3)19(13-18)15-30-22-6-4-5-21(14-22)28-2/h4-14,16H,15H2,1-3H3,(H,26,27). The van der Waals surface area contributed by atoms with Crippen LogP contribution in [0.2, 0.25) is 5.02 Å². The van der Waals surface area contributed by atoms with Crippen LogP contribution in [-0.4, -0.2) is 20.1 Å². The molecule has 0 fully saturated rings. The number of rotatable bonds is 8. The molecular weight excluding hydrogens is 402 g/mol. The first-order valence-corrected chi connectivity index (χ1v) is 9.88. The second-order valence-electron chi connectivity index (χ2n) is 6.74. The van der Waals surface area contributed by atoms with Gasteiger partial charge in [0.1, 0.15) is 23.9 Å². The summed E-state index contributed by atoms with van der Waals surface area (Å²) in [5, 5.41) is 3.67. The van der Waals surface area contributed by atoms with E-state index in [0.717, 1.165) is 11.1 Å². The lowest BCUT2D eigenvalue weighted by molar-refractivity contribution is 0.0939. The third kappa shape index (κ3) is 5.45. The van der Waals surface area contributed by atoms with Gasteiger partial charge in [-0.25, -0.2) is 0 Å². The Morgan fingerprint density at radius 1 is 0.967 bits per heavy atom. The summed E-state index contributed by atoms with van der Waals surface area (Å²) in [6.07, 6.45) is 0. The van der Waals surface area contributed by atoms with Crippen molar-refractivity contribution in [2.75, 3.05) is 14.2 Å². The highest BCUT2D eigenvalue weighted by atomic mass is 35.5. The maximum absolute atomic E-state index is 12.8. The molecule has 0 aliphatic rings. The average molecular weight is 426 g/mol. The molecule has 0 radical (unpaired) electrons. The Kier molecular flexibility index (Phi) is 7.20. The molecule has 0 saturated carbocycles. The normalized spacial score (nSPS) is 11.5. The van der Waals surface area contributed by atoms with Crippen molar-refractivity contribution in [1.29, 1.82) is 0 Å². The summed E-state index contributed by atoms with van der Waals surface area (Å²) in [5.41, 5.74) is 2.27. The summed E-state index contributed by atoms with van der Waals surface area (Å²) in [7, 11) is 3.20. The van der Waals surface area contributed by atoms with Gasteiger partial charge in [-0.15, -0.1) is 0 Å². The second-order valence-corrected chi connectivity index (χ2v) is 7.18. The van der Waals surface area contributed by atoms with Crippen molar-refractivity contribution in [3.8, 4) is 17.2 Å². The zero-order valence-corrected chi connectivity index (χ0v) is 17.9. The third-order valence-electron chi connectivity index (χ3n) is 4.70. The summed E-state index contributed by atoms with van der Waals surface area (Å²) in [5.74, 6) is 1.86. The smallest absolute Gasteiger partial charge is 0.251 e. The van der Waals surface area contributed by atoms with E-state index >= 15 is 0 Å². The number of hydrogen-bond donors (Lipinski definition) is 1. The number of carbonyl (C=O) groups excluding carboxylic acids is 1. The van der Waals surface area contributed by atoms with Crippen LogP contribution in [0.3, 0.4) is 0 Å². The van der Waals surface area contributed by atoms with Gasteiger partial charge in [-0.2, -0.15) is 0 Å². The molecular formula is C24H24ClNO4. The molecule has 0 saturated heterocycles. The van der Waals surface area contributed by atoms with E-state index in [-0.39, 0.29) is 18.6 Å². The summed E-state index contributed by atoms with van der Waals surface area (Å²) >= 11 is 5.94. The van der Waals surface area contributed by atoms with E-state index in [9.17, 15) is 4.79 Å². The van der Waals surface area contributed by atoms with Crippen molar-refractivity contribution < 1.29 is 19.0 Å². The summed E-state index contributed by atoms with van der Waals surface area (Å²) < 4.78 is 16.5. The molecule has 0 aliphatic carbocycles. The predicted octanol–water partition coefficient (Wildman–Crippen LogP) is 5.43. The molecule has 3 aromatic carbocycles. The monoisotopic (exact) mass is 425 g/mol. The highest BCUT2D eigenvalue weighted by Gasteiger charge is 2.14. The summed E-state index contributed by atoms with van der Waals surface area (Å²) in [4.78, 5) is 12.8. The van der Waals surface area contributed by atoms with Crippen molar-refractivity contribution in [3.05, 3.63) is 88.4 Å². The minimum atomic E-state index is -0.178. The van der Waals surface area contributed by atoms with Gasteiger partial charge in [0.15, 0.2) is 0 Å². The number of ether oxygens (including phenoxy) is 3. The van der Waals surface area contributed by atoms with Crippen molar-refractivity contribution in [2.24, 2.45) is 0 Å². The number of hydrogen-bond acceptors (Lipinski definition) is 4. The second kappa shape index (κ2) is 10.0. The van der Waals surface area contributed by atoms with Crippen LogP contribution in [0.4, 0.5) is 0 Å². The minimum absolute atomic E-state index is 0.159. The van der Waals surface area contributed by atoms with Gasteiger partial charge in [0.25, 0.3) is 5.91 Å². The van der Waals surface area contributed by atoms with Crippen molar-refractivity contribution in [1.82, 2.24) is 5.32 Å². The van der Waals surface area contributed by atoms with Crippen LogP contribution in [0.15, 0.2) is 66.7 Å². The zero-order chi connectivity index (χ0) is 21.5. The predicted molar refractivity (Wildman–Crippen MR) is 118 cm³/mol. The van der Waals surface area contributed by atoms with E-state index in [0.29, 0.717) is 27.8 Å². The van der Waals surface area contributed by atoms with E-state index < -0.39 is 0 Å². The maximum atomic E-state index is 12.8. The van der Waals surface area contributed by atoms with Crippen LogP contribution in [0.25, 0.3) is 0 Å². The Labute approximate surface area is 181 Å². The molecule has 1 amide bonds. The van der Waals surface area contributed by atoms with Crippen LogP contribution < -0.4 is 19.5 Å². The Hall–Kier alpha value is -3.18. The van der Waals surface area contributed by atoms with Crippen LogP contribution in [0.1, 0.15) is 34.5 Å². The first-order valence-electron chi connectivity index (χ1n) is 9.50.